The first-order chi connectivity index (χ1) is 12.7. The lowest BCUT2D eigenvalue weighted by molar-refractivity contribution is -0.137. The average molecular weight is 376 g/mol. The maximum absolute atomic E-state index is 12.6. The fourth-order valence-corrected chi connectivity index (χ4v) is 3.00. The molecule has 1 fully saturated rings. The number of halogens is 3. The van der Waals surface area contributed by atoms with Gasteiger partial charge in [-0.15, -0.1) is 0 Å². The normalized spacial score (nSPS) is 17.3. The fourth-order valence-electron chi connectivity index (χ4n) is 3.00. The first kappa shape index (κ1) is 18.9. The number of amides is 2. The van der Waals surface area contributed by atoms with Gasteiger partial charge in [0.05, 0.1) is 11.5 Å². The number of rotatable bonds is 4. The van der Waals surface area contributed by atoms with Crippen LogP contribution in [0.15, 0.2) is 48.5 Å². The lowest BCUT2D eigenvalue weighted by atomic mass is 10.1. The molecule has 0 bridgehead atoms. The number of hydrogen-bond acceptors (Lipinski definition) is 2. The first-order valence-electron chi connectivity index (χ1n) is 8.55. The van der Waals surface area contributed by atoms with E-state index in [9.17, 15) is 22.8 Å². The molecule has 1 heterocycles. The van der Waals surface area contributed by atoms with Crippen LogP contribution in [0.4, 0.5) is 18.9 Å². The summed E-state index contributed by atoms with van der Waals surface area (Å²) in [5, 5.41) is 2.70. The maximum atomic E-state index is 12.6. The van der Waals surface area contributed by atoms with Crippen LogP contribution in [0.2, 0.25) is 0 Å². The Morgan fingerprint density at radius 2 is 1.74 bits per heavy atom. The van der Waals surface area contributed by atoms with E-state index in [-0.39, 0.29) is 24.8 Å². The van der Waals surface area contributed by atoms with Crippen LogP contribution in [0.1, 0.15) is 23.1 Å². The molecule has 2 aromatic rings. The summed E-state index contributed by atoms with van der Waals surface area (Å²) in [6.07, 6.45) is -4.27. The molecule has 1 unspecified atom stereocenters. The first-order valence-corrected chi connectivity index (χ1v) is 8.55. The van der Waals surface area contributed by atoms with Crippen LogP contribution in [0.3, 0.4) is 0 Å². The zero-order valence-corrected chi connectivity index (χ0v) is 14.7. The van der Waals surface area contributed by atoms with Gasteiger partial charge in [0.1, 0.15) is 0 Å². The third-order valence-electron chi connectivity index (χ3n) is 4.59. The summed E-state index contributed by atoms with van der Waals surface area (Å²) in [4.78, 5) is 26.2. The zero-order chi connectivity index (χ0) is 19.6. The second-order valence-corrected chi connectivity index (χ2v) is 6.65. The second-order valence-electron chi connectivity index (χ2n) is 6.65. The van der Waals surface area contributed by atoms with Crippen molar-refractivity contribution in [2.75, 3.05) is 11.4 Å². The van der Waals surface area contributed by atoms with E-state index in [4.69, 9.17) is 0 Å². The van der Waals surface area contributed by atoms with Crippen LogP contribution in [-0.2, 0) is 22.3 Å². The Balaban J connectivity index is 1.57. The van der Waals surface area contributed by atoms with Crippen molar-refractivity contribution in [3.63, 3.8) is 0 Å². The van der Waals surface area contributed by atoms with Crippen LogP contribution < -0.4 is 10.2 Å². The molecule has 1 saturated heterocycles. The lowest BCUT2D eigenvalue weighted by Crippen LogP contribution is -2.32. The quantitative estimate of drug-likeness (QED) is 0.885. The number of carbonyl (C=O) groups excluding carboxylic acids is 2. The fraction of sp³-hybridized carbons (Fsp3) is 0.300. The van der Waals surface area contributed by atoms with Crippen molar-refractivity contribution < 1.29 is 22.8 Å². The van der Waals surface area contributed by atoms with Crippen molar-refractivity contribution in [3.05, 3.63) is 65.2 Å². The van der Waals surface area contributed by atoms with Crippen LogP contribution in [-0.4, -0.2) is 18.4 Å². The molecular formula is C20H19F3N2O2. The highest BCUT2D eigenvalue weighted by Crippen LogP contribution is 2.29. The molecule has 0 aliphatic carbocycles. The van der Waals surface area contributed by atoms with Gasteiger partial charge >= 0.3 is 6.18 Å². The molecule has 3 rings (SSSR count). The molecule has 1 N–H and O–H groups in total. The Hall–Kier alpha value is -2.83. The smallest absolute Gasteiger partial charge is 0.352 e. The van der Waals surface area contributed by atoms with Gasteiger partial charge < -0.3 is 10.2 Å². The van der Waals surface area contributed by atoms with Crippen molar-refractivity contribution in [1.29, 1.82) is 0 Å². The minimum atomic E-state index is -4.38. The minimum absolute atomic E-state index is 0.117. The molecule has 1 atom stereocenters. The molecule has 27 heavy (non-hydrogen) atoms. The number of hydrogen-bond donors (Lipinski definition) is 1. The number of nitrogens with zero attached hydrogens (tertiary/aromatic N) is 1. The Morgan fingerprint density at radius 1 is 1.11 bits per heavy atom. The van der Waals surface area contributed by atoms with E-state index in [2.05, 4.69) is 5.32 Å². The van der Waals surface area contributed by atoms with Crippen LogP contribution in [0.5, 0.6) is 0 Å². The molecular weight excluding hydrogens is 357 g/mol. The molecule has 0 spiro atoms. The topological polar surface area (TPSA) is 49.4 Å². The van der Waals surface area contributed by atoms with Crippen LogP contribution in [0, 0.1) is 12.8 Å². The van der Waals surface area contributed by atoms with E-state index in [1.165, 1.54) is 12.1 Å². The largest absolute Gasteiger partial charge is 0.416 e. The summed E-state index contributed by atoms with van der Waals surface area (Å²) >= 11 is 0. The molecule has 2 amide bonds. The zero-order valence-electron chi connectivity index (χ0n) is 14.7. The molecule has 2 aromatic carbocycles. The third-order valence-corrected chi connectivity index (χ3v) is 4.59. The molecule has 0 radical (unpaired) electrons. The number of anilines is 1. The van der Waals surface area contributed by atoms with Gasteiger partial charge in [-0.3, -0.25) is 9.59 Å². The number of carbonyl (C=O) groups is 2. The predicted molar refractivity (Wildman–Crippen MR) is 94.9 cm³/mol. The summed E-state index contributed by atoms with van der Waals surface area (Å²) < 4.78 is 37.7. The number of nitrogens with one attached hydrogen (secondary N) is 1. The molecule has 4 nitrogen and oxygen atoms in total. The summed E-state index contributed by atoms with van der Waals surface area (Å²) in [6, 6.07) is 12.1. The summed E-state index contributed by atoms with van der Waals surface area (Å²) in [7, 11) is 0. The van der Waals surface area contributed by atoms with Crippen molar-refractivity contribution in [3.8, 4) is 0 Å². The van der Waals surface area contributed by atoms with Gasteiger partial charge in [0.15, 0.2) is 0 Å². The monoisotopic (exact) mass is 376 g/mol. The predicted octanol–water partition coefficient (Wildman–Crippen LogP) is 3.68. The summed E-state index contributed by atoms with van der Waals surface area (Å²) in [5.41, 5.74) is 1.67. The Labute approximate surface area is 155 Å². The molecule has 142 valence electrons. The van der Waals surface area contributed by atoms with E-state index in [0.717, 1.165) is 23.4 Å². The summed E-state index contributed by atoms with van der Waals surface area (Å²) in [5.74, 6) is -0.875. The molecule has 7 heteroatoms. The van der Waals surface area contributed by atoms with E-state index >= 15 is 0 Å². The van der Waals surface area contributed by atoms with Crippen LogP contribution >= 0.6 is 0 Å². The van der Waals surface area contributed by atoms with Gasteiger partial charge in [0.2, 0.25) is 11.8 Å². The molecule has 0 aromatic heterocycles. The van der Waals surface area contributed by atoms with Crippen molar-refractivity contribution in [2.24, 2.45) is 5.92 Å². The minimum Gasteiger partial charge on any atom is -0.352 e. The average Bonchev–Trinajstić information content (AvgIpc) is 3.02. The van der Waals surface area contributed by atoms with Crippen LogP contribution in [0.25, 0.3) is 0 Å². The van der Waals surface area contributed by atoms with Gasteiger partial charge in [-0.25, -0.2) is 0 Å². The highest BCUT2D eigenvalue weighted by atomic mass is 19.4. The van der Waals surface area contributed by atoms with E-state index in [0.29, 0.717) is 12.1 Å². The number of benzene rings is 2. The SMILES string of the molecule is Cc1ccc(N2CC(C(=O)NCc3ccc(C(F)(F)F)cc3)CC2=O)cc1. The van der Waals surface area contributed by atoms with Crippen molar-refractivity contribution >= 4 is 17.5 Å². The summed E-state index contributed by atoms with van der Waals surface area (Å²) in [6.45, 7) is 2.36. The lowest BCUT2D eigenvalue weighted by Gasteiger charge is -2.17. The third kappa shape index (κ3) is 4.48. The number of alkyl halides is 3. The second kappa shape index (κ2) is 7.42. The molecule has 1 aliphatic heterocycles. The van der Waals surface area contributed by atoms with Gasteiger partial charge in [0.25, 0.3) is 0 Å². The van der Waals surface area contributed by atoms with Crippen molar-refractivity contribution in [2.45, 2.75) is 26.1 Å². The highest BCUT2D eigenvalue weighted by molar-refractivity contribution is 6.00. The van der Waals surface area contributed by atoms with E-state index in [1.807, 2.05) is 31.2 Å². The van der Waals surface area contributed by atoms with Gasteiger partial charge in [-0.2, -0.15) is 13.2 Å². The molecule has 1 aliphatic rings. The Kier molecular flexibility index (Phi) is 5.21. The van der Waals surface area contributed by atoms with E-state index in [1.54, 1.807) is 4.90 Å². The highest BCUT2D eigenvalue weighted by Gasteiger charge is 2.35. The maximum Gasteiger partial charge on any atom is 0.416 e. The Bertz CT molecular complexity index is 830. The Morgan fingerprint density at radius 3 is 2.33 bits per heavy atom. The standard InChI is InChI=1S/C20H19F3N2O2/c1-13-2-8-17(9-3-13)25-12-15(10-18(25)26)19(27)24-11-14-4-6-16(7-5-14)20(21,22)23/h2-9,15H,10-12H2,1H3,(H,24,27). The number of aryl methyl sites for hydroxylation is 1. The van der Waals surface area contributed by atoms with Gasteiger partial charge in [-0.1, -0.05) is 29.8 Å². The van der Waals surface area contributed by atoms with Crippen molar-refractivity contribution in [1.82, 2.24) is 5.32 Å². The molecule has 0 saturated carbocycles. The van der Waals surface area contributed by atoms with Gasteiger partial charge in [0, 0.05) is 25.2 Å². The van der Waals surface area contributed by atoms with Gasteiger partial charge in [-0.05, 0) is 36.8 Å². The van der Waals surface area contributed by atoms with E-state index < -0.39 is 17.7 Å².